The van der Waals surface area contributed by atoms with Crippen LogP contribution in [0.3, 0.4) is 0 Å². The minimum absolute atomic E-state index is 0.0530. The number of ether oxygens (including phenoxy) is 2. The third kappa shape index (κ3) is 5.03. The summed E-state index contributed by atoms with van der Waals surface area (Å²) >= 11 is 4.33. The lowest BCUT2D eigenvalue weighted by Gasteiger charge is -2.13. The van der Waals surface area contributed by atoms with Gasteiger partial charge < -0.3 is 9.47 Å². The second-order valence-corrected chi connectivity index (χ2v) is 8.00. The number of rotatable bonds is 7. The summed E-state index contributed by atoms with van der Waals surface area (Å²) in [7, 11) is 1.52. The van der Waals surface area contributed by atoms with Crippen molar-refractivity contribution in [2.24, 2.45) is 0 Å². The van der Waals surface area contributed by atoms with Crippen LogP contribution < -0.4 is 9.47 Å². The molecule has 3 rings (SSSR count). The molecule has 0 N–H and O–H groups in total. The van der Waals surface area contributed by atoms with Crippen molar-refractivity contribution < 1.29 is 19.1 Å². The normalized spacial score (nSPS) is 14.9. The number of carbonyl (C=O) groups excluding carboxylic acids is 2. The van der Waals surface area contributed by atoms with E-state index in [1.807, 2.05) is 30.3 Å². The van der Waals surface area contributed by atoms with E-state index < -0.39 is 0 Å². The quantitative estimate of drug-likeness (QED) is 0.430. The second-order valence-electron chi connectivity index (χ2n) is 6.09. The summed E-state index contributed by atoms with van der Waals surface area (Å²) in [4.78, 5) is 26.8. The first-order valence-electron chi connectivity index (χ1n) is 8.76. The van der Waals surface area contributed by atoms with Crippen LogP contribution in [0.4, 0.5) is 4.79 Å². The van der Waals surface area contributed by atoms with Crippen molar-refractivity contribution in [1.82, 2.24) is 4.90 Å². The number of hydrogen-bond acceptors (Lipinski definition) is 5. The third-order valence-corrected chi connectivity index (χ3v) is 5.56. The maximum atomic E-state index is 12.8. The van der Waals surface area contributed by atoms with Crippen molar-refractivity contribution >= 4 is 44.9 Å². The van der Waals surface area contributed by atoms with E-state index in [2.05, 4.69) is 21.9 Å². The maximum absolute atomic E-state index is 12.8. The van der Waals surface area contributed by atoms with E-state index in [4.69, 9.17) is 15.9 Å². The molecular formula is C22H18BrNO4S. The highest BCUT2D eigenvalue weighted by molar-refractivity contribution is 9.10. The van der Waals surface area contributed by atoms with Crippen molar-refractivity contribution in [1.29, 1.82) is 0 Å². The molecule has 0 aromatic heterocycles. The second kappa shape index (κ2) is 9.68. The zero-order valence-corrected chi connectivity index (χ0v) is 18.1. The number of halogens is 1. The zero-order chi connectivity index (χ0) is 20.8. The number of amides is 2. The predicted molar refractivity (Wildman–Crippen MR) is 118 cm³/mol. The van der Waals surface area contributed by atoms with E-state index >= 15 is 0 Å². The monoisotopic (exact) mass is 471 g/mol. The van der Waals surface area contributed by atoms with Gasteiger partial charge in [0.05, 0.1) is 12.0 Å². The first-order valence-corrected chi connectivity index (χ1v) is 10.4. The largest absolute Gasteiger partial charge is 0.493 e. The number of nitrogens with zero attached hydrogens (tertiary/aromatic N) is 1. The summed E-state index contributed by atoms with van der Waals surface area (Å²) in [6.45, 7) is 0.381. The van der Waals surface area contributed by atoms with Gasteiger partial charge in [0, 0.05) is 16.6 Å². The Kier molecular flexibility index (Phi) is 7.02. The number of thioether (sulfide) groups is 1. The minimum Gasteiger partial charge on any atom is -0.493 e. The zero-order valence-electron chi connectivity index (χ0n) is 15.7. The fraction of sp³-hybridized carbons (Fsp3) is 0.182. The van der Waals surface area contributed by atoms with Crippen LogP contribution in [0.25, 0.3) is 6.08 Å². The Morgan fingerprint density at radius 3 is 2.69 bits per heavy atom. The standard InChI is InChI=1S/C22H18BrNO4S/c1-3-11-28-20-16(12-17(23)14-18(20)27-2)13-19-21(25)24(22(26)29-19)10-9-15-7-5-4-6-8-15/h1,4-8,12-14H,9-11H2,2H3/b19-13+. The van der Waals surface area contributed by atoms with Crippen molar-refractivity contribution in [2.45, 2.75) is 6.42 Å². The van der Waals surface area contributed by atoms with Crippen molar-refractivity contribution in [2.75, 3.05) is 20.3 Å². The van der Waals surface area contributed by atoms with E-state index in [0.717, 1.165) is 21.8 Å². The van der Waals surface area contributed by atoms with Gasteiger partial charge in [-0.25, -0.2) is 0 Å². The van der Waals surface area contributed by atoms with Crippen LogP contribution in [0.5, 0.6) is 11.5 Å². The molecule has 7 heteroatoms. The molecule has 0 spiro atoms. The highest BCUT2D eigenvalue weighted by Crippen LogP contribution is 2.39. The molecule has 0 atom stereocenters. The molecule has 5 nitrogen and oxygen atoms in total. The summed E-state index contributed by atoms with van der Waals surface area (Å²) in [6, 6.07) is 13.3. The topological polar surface area (TPSA) is 55.8 Å². The van der Waals surface area contributed by atoms with Crippen molar-refractivity contribution in [3.8, 4) is 23.8 Å². The summed E-state index contributed by atoms with van der Waals surface area (Å²) in [5.74, 6) is 2.99. The molecule has 0 bridgehead atoms. The van der Waals surface area contributed by atoms with Crippen LogP contribution >= 0.6 is 27.7 Å². The maximum Gasteiger partial charge on any atom is 0.293 e. The summed E-state index contributed by atoms with van der Waals surface area (Å²) in [6.07, 6.45) is 7.54. The fourth-order valence-electron chi connectivity index (χ4n) is 2.84. The van der Waals surface area contributed by atoms with E-state index in [1.165, 1.54) is 12.0 Å². The molecule has 0 saturated carbocycles. The summed E-state index contributed by atoms with van der Waals surface area (Å²) in [5.41, 5.74) is 1.66. The third-order valence-electron chi connectivity index (χ3n) is 4.20. The molecule has 1 heterocycles. The van der Waals surface area contributed by atoms with Crippen LogP contribution in [0, 0.1) is 12.3 Å². The molecule has 1 aliphatic rings. The van der Waals surface area contributed by atoms with Crippen LogP contribution in [0.2, 0.25) is 0 Å². The van der Waals surface area contributed by atoms with Gasteiger partial charge >= 0.3 is 0 Å². The molecule has 2 aromatic rings. The van der Waals surface area contributed by atoms with Gasteiger partial charge in [0.2, 0.25) is 0 Å². The Balaban J connectivity index is 1.85. The molecule has 1 saturated heterocycles. The minimum atomic E-state index is -0.322. The first-order chi connectivity index (χ1) is 14.0. The molecular weight excluding hydrogens is 454 g/mol. The molecule has 0 radical (unpaired) electrons. The number of carbonyl (C=O) groups is 2. The van der Waals surface area contributed by atoms with Crippen LogP contribution in [-0.2, 0) is 11.2 Å². The lowest BCUT2D eigenvalue weighted by Crippen LogP contribution is -2.30. The lowest BCUT2D eigenvalue weighted by atomic mass is 10.1. The highest BCUT2D eigenvalue weighted by atomic mass is 79.9. The highest BCUT2D eigenvalue weighted by Gasteiger charge is 2.35. The van der Waals surface area contributed by atoms with Crippen molar-refractivity contribution in [3.05, 3.63) is 63.0 Å². The van der Waals surface area contributed by atoms with Crippen LogP contribution in [0.1, 0.15) is 11.1 Å². The Labute approximate surface area is 182 Å². The van der Waals surface area contributed by atoms with Crippen molar-refractivity contribution in [3.63, 3.8) is 0 Å². The van der Waals surface area contributed by atoms with Gasteiger partial charge in [0.25, 0.3) is 11.1 Å². The van der Waals surface area contributed by atoms with Gasteiger partial charge in [-0.05, 0) is 42.0 Å². The van der Waals surface area contributed by atoms with E-state index in [0.29, 0.717) is 34.9 Å². The number of imide groups is 1. The van der Waals surface area contributed by atoms with Gasteiger partial charge in [-0.3, -0.25) is 14.5 Å². The molecule has 2 aromatic carbocycles. The van der Waals surface area contributed by atoms with Gasteiger partial charge in [0.1, 0.15) is 6.61 Å². The lowest BCUT2D eigenvalue weighted by molar-refractivity contribution is -0.122. The average molecular weight is 472 g/mol. The number of benzene rings is 2. The average Bonchev–Trinajstić information content (AvgIpc) is 2.98. The Bertz CT molecular complexity index is 998. The molecule has 1 aliphatic heterocycles. The SMILES string of the molecule is C#CCOc1c(/C=C2/SC(=O)N(CCc3ccccc3)C2=O)cc(Br)cc1OC. The number of methoxy groups -OCH3 is 1. The first kappa shape index (κ1) is 21.0. The van der Waals surface area contributed by atoms with Gasteiger partial charge in [0.15, 0.2) is 11.5 Å². The van der Waals surface area contributed by atoms with Crippen LogP contribution in [-0.4, -0.2) is 36.3 Å². The smallest absolute Gasteiger partial charge is 0.293 e. The number of hydrogen-bond donors (Lipinski definition) is 0. The Morgan fingerprint density at radius 1 is 1.24 bits per heavy atom. The van der Waals surface area contributed by atoms with Crippen LogP contribution in [0.15, 0.2) is 51.8 Å². The Hall–Kier alpha value is -2.69. The molecule has 1 fully saturated rings. The van der Waals surface area contributed by atoms with E-state index in [-0.39, 0.29) is 17.8 Å². The van der Waals surface area contributed by atoms with Gasteiger partial charge in [-0.15, -0.1) is 6.42 Å². The summed E-state index contributed by atoms with van der Waals surface area (Å²) < 4.78 is 11.7. The predicted octanol–water partition coefficient (Wildman–Crippen LogP) is 4.75. The molecule has 0 unspecified atom stereocenters. The molecule has 148 valence electrons. The molecule has 0 aliphatic carbocycles. The van der Waals surface area contributed by atoms with E-state index in [9.17, 15) is 9.59 Å². The molecule has 2 amide bonds. The van der Waals surface area contributed by atoms with Gasteiger partial charge in [-0.2, -0.15) is 0 Å². The fourth-order valence-corrected chi connectivity index (χ4v) is 4.15. The Morgan fingerprint density at radius 2 is 2.00 bits per heavy atom. The number of terminal acetylenes is 1. The molecule has 29 heavy (non-hydrogen) atoms. The van der Waals surface area contributed by atoms with E-state index in [1.54, 1.807) is 18.2 Å². The summed E-state index contributed by atoms with van der Waals surface area (Å²) in [5, 5.41) is -0.287. The van der Waals surface area contributed by atoms with Gasteiger partial charge in [-0.1, -0.05) is 52.2 Å².